The van der Waals surface area contributed by atoms with Crippen LogP contribution in [0, 0.1) is 0 Å². The second-order valence-electron chi connectivity index (χ2n) is 2.40. The number of hydrogen-bond donors (Lipinski definition) is 2. The van der Waals surface area contributed by atoms with Gasteiger partial charge in [-0.1, -0.05) is 12.1 Å². The Morgan fingerprint density at radius 1 is 1.29 bits per heavy atom. The Hall–Kier alpha value is -0.334. The minimum atomic E-state index is -1.31. The van der Waals surface area contributed by atoms with Crippen LogP contribution in [-0.4, -0.2) is 16.2 Å². The largest absolute Gasteiger partial charge is 1.00 e. The van der Waals surface area contributed by atoms with E-state index in [-0.39, 0.29) is 62.9 Å². The van der Waals surface area contributed by atoms with Crippen molar-refractivity contribution in [3.05, 3.63) is 29.8 Å². The maximum Gasteiger partial charge on any atom is 1.00 e. The van der Waals surface area contributed by atoms with Crippen molar-refractivity contribution in [1.29, 1.82) is 0 Å². The summed E-state index contributed by atoms with van der Waals surface area (Å²) in [5.41, 5.74) is 0.472. The molecule has 0 bridgehead atoms. The van der Waals surface area contributed by atoms with E-state index < -0.39 is 5.97 Å². The molecule has 0 aromatic heterocycles. The zero-order chi connectivity index (χ0) is 9.84. The molecule has 0 radical (unpaired) electrons. The molecule has 1 aromatic rings. The molecule has 0 aliphatic carbocycles. The topological polar surface area (TPSA) is 80.6 Å². The average molecular weight is 218 g/mol. The number of carbonyl (C=O) groups is 1. The van der Waals surface area contributed by atoms with Gasteiger partial charge in [-0.2, -0.15) is 0 Å². The molecule has 0 fully saturated rings. The maximum absolute atomic E-state index is 10.0. The van der Waals surface area contributed by atoms with Gasteiger partial charge in [0.15, 0.2) is 11.5 Å². The number of aliphatic carboxylic acids is 1. The van der Waals surface area contributed by atoms with E-state index in [1.807, 2.05) is 0 Å². The Morgan fingerprint density at radius 2 is 1.93 bits per heavy atom. The second kappa shape index (κ2) is 6.21. The molecule has 0 aliphatic heterocycles. The molecule has 1 aromatic carbocycles. The normalized spacial score (nSPS) is 9.71. The molecule has 0 atom stereocenters. The van der Waals surface area contributed by atoms with Crippen LogP contribution in [0.2, 0.25) is 0 Å². The molecule has 0 saturated heterocycles. The van der Waals surface area contributed by atoms with Gasteiger partial charge < -0.3 is 20.1 Å². The summed E-state index contributed by atoms with van der Waals surface area (Å²) in [4.78, 5) is 10.0. The molecule has 5 heteroatoms. The second-order valence-corrected chi connectivity index (χ2v) is 2.40. The van der Waals surface area contributed by atoms with E-state index in [4.69, 9.17) is 10.2 Å². The minimum Gasteiger partial charge on any atom is -0.545 e. The van der Waals surface area contributed by atoms with Crippen molar-refractivity contribution < 1.29 is 71.5 Å². The summed E-state index contributed by atoms with van der Waals surface area (Å²) < 4.78 is 0. The Kier molecular flexibility index (Phi) is 6.06. The molecule has 0 unspecified atom stereocenters. The van der Waals surface area contributed by atoms with E-state index >= 15 is 0 Å². The summed E-state index contributed by atoms with van der Waals surface area (Å²) in [6.45, 7) is 0. The number of hydrogen-bond acceptors (Lipinski definition) is 4. The SMILES string of the molecule is O=C([O-])/C=C/c1ccc(O)c(O)c1.[K+]. The molecule has 0 saturated carbocycles. The van der Waals surface area contributed by atoms with E-state index in [9.17, 15) is 9.90 Å². The summed E-state index contributed by atoms with van der Waals surface area (Å²) in [6.07, 6.45) is 2.10. The van der Waals surface area contributed by atoms with Gasteiger partial charge in [-0.05, 0) is 23.8 Å². The first-order valence-corrected chi connectivity index (χ1v) is 3.50. The summed E-state index contributed by atoms with van der Waals surface area (Å²) in [6, 6.07) is 3.98. The predicted octanol–water partition coefficient (Wildman–Crippen LogP) is -3.14. The maximum atomic E-state index is 10.0. The smallest absolute Gasteiger partial charge is 0.545 e. The average Bonchev–Trinajstić information content (AvgIpc) is 2.07. The van der Waals surface area contributed by atoms with Gasteiger partial charge in [0.2, 0.25) is 0 Å². The molecule has 2 N–H and O–H groups in total. The minimum absolute atomic E-state index is 0. The summed E-state index contributed by atoms with van der Waals surface area (Å²) in [5.74, 6) is -1.85. The first kappa shape index (κ1) is 13.7. The van der Waals surface area contributed by atoms with E-state index in [0.29, 0.717) is 5.56 Å². The van der Waals surface area contributed by atoms with Crippen LogP contribution < -0.4 is 56.5 Å². The van der Waals surface area contributed by atoms with Crippen LogP contribution >= 0.6 is 0 Å². The Morgan fingerprint density at radius 3 is 2.43 bits per heavy atom. The summed E-state index contributed by atoms with van der Waals surface area (Å²) in [5, 5.41) is 28.0. The molecule has 68 valence electrons. The number of phenols is 2. The van der Waals surface area contributed by atoms with Crippen molar-refractivity contribution in [3.63, 3.8) is 0 Å². The molecule has 0 aliphatic rings. The number of aromatic hydroxyl groups is 2. The Labute approximate surface area is 123 Å². The molecular weight excluding hydrogens is 211 g/mol. The number of phenolic OH excluding ortho intramolecular Hbond substituents is 2. The van der Waals surface area contributed by atoms with Crippen LogP contribution in [0.25, 0.3) is 6.08 Å². The van der Waals surface area contributed by atoms with Crippen molar-refractivity contribution in [2.24, 2.45) is 0 Å². The third-order valence-electron chi connectivity index (χ3n) is 1.41. The number of carbonyl (C=O) groups excluding carboxylic acids is 1. The van der Waals surface area contributed by atoms with Crippen LogP contribution in [0.3, 0.4) is 0 Å². The van der Waals surface area contributed by atoms with Gasteiger partial charge in [0.25, 0.3) is 0 Å². The summed E-state index contributed by atoms with van der Waals surface area (Å²) in [7, 11) is 0. The van der Waals surface area contributed by atoms with Crippen molar-refractivity contribution in [1.82, 2.24) is 0 Å². The van der Waals surface area contributed by atoms with E-state index in [1.165, 1.54) is 24.3 Å². The molecule has 0 amide bonds. The molecule has 14 heavy (non-hydrogen) atoms. The Balaban J connectivity index is 0.00000169. The molecular formula is C9H7KO4. The van der Waals surface area contributed by atoms with Gasteiger partial charge in [-0.15, -0.1) is 0 Å². The number of carboxylic acid groups (broad SMARTS) is 1. The molecule has 4 nitrogen and oxygen atoms in total. The van der Waals surface area contributed by atoms with Gasteiger partial charge in [0, 0.05) is 0 Å². The fourth-order valence-corrected chi connectivity index (χ4v) is 0.808. The number of carboxylic acids is 1. The molecule has 1 rings (SSSR count). The third-order valence-corrected chi connectivity index (χ3v) is 1.41. The van der Waals surface area contributed by atoms with Gasteiger partial charge in [-0.3, -0.25) is 0 Å². The summed E-state index contributed by atoms with van der Waals surface area (Å²) >= 11 is 0. The molecule has 0 heterocycles. The first-order valence-electron chi connectivity index (χ1n) is 3.50. The van der Waals surface area contributed by atoms with Gasteiger partial charge in [-0.25, -0.2) is 0 Å². The van der Waals surface area contributed by atoms with Gasteiger partial charge in [0.1, 0.15) is 0 Å². The van der Waals surface area contributed by atoms with Crippen LogP contribution in [0.1, 0.15) is 5.56 Å². The van der Waals surface area contributed by atoms with E-state index in [2.05, 4.69) is 0 Å². The van der Waals surface area contributed by atoms with Crippen LogP contribution in [0.15, 0.2) is 24.3 Å². The number of benzene rings is 1. The fraction of sp³-hybridized carbons (Fsp3) is 0. The van der Waals surface area contributed by atoms with Gasteiger partial charge >= 0.3 is 51.4 Å². The monoisotopic (exact) mass is 218 g/mol. The van der Waals surface area contributed by atoms with Crippen molar-refractivity contribution >= 4 is 12.0 Å². The third kappa shape index (κ3) is 4.25. The zero-order valence-corrected chi connectivity index (χ0v) is 10.7. The quantitative estimate of drug-likeness (QED) is 0.312. The standard InChI is InChI=1S/C9H8O4.K/c10-7-3-1-6(5-8(7)11)2-4-9(12)13;/h1-5,10-11H,(H,12,13);/q;+1/p-1/b4-2+;. The van der Waals surface area contributed by atoms with Crippen LogP contribution in [0.5, 0.6) is 11.5 Å². The first-order chi connectivity index (χ1) is 6.09. The predicted molar refractivity (Wildman–Crippen MR) is 43.8 cm³/mol. The van der Waals surface area contributed by atoms with Crippen molar-refractivity contribution in [3.8, 4) is 11.5 Å². The van der Waals surface area contributed by atoms with Crippen LogP contribution in [0.4, 0.5) is 0 Å². The zero-order valence-electron chi connectivity index (χ0n) is 7.60. The number of rotatable bonds is 2. The van der Waals surface area contributed by atoms with E-state index in [1.54, 1.807) is 0 Å². The molecule has 0 spiro atoms. The fourth-order valence-electron chi connectivity index (χ4n) is 0.808. The Bertz CT molecular complexity index is 360. The van der Waals surface area contributed by atoms with E-state index in [0.717, 1.165) is 6.08 Å². The van der Waals surface area contributed by atoms with Gasteiger partial charge in [0.05, 0.1) is 5.97 Å². The van der Waals surface area contributed by atoms with Crippen molar-refractivity contribution in [2.45, 2.75) is 0 Å². The van der Waals surface area contributed by atoms with Crippen molar-refractivity contribution in [2.75, 3.05) is 0 Å². The van der Waals surface area contributed by atoms with Crippen LogP contribution in [-0.2, 0) is 4.79 Å².